The van der Waals surface area contributed by atoms with Crippen molar-refractivity contribution >= 4 is 38.6 Å². The molecule has 11 aromatic rings. The Kier molecular flexibility index (Phi) is 9.13. The summed E-state index contributed by atoms with van der Waals surface area (Å²) in [4.78, 5) is 2.38. The van der Waals surface area contributed by atoms with Gasteiger partial charge in [0.25, 0.3) is 0 Å². The third-order valence-corrected chi connectivity index (χ3v) is 13.3. The van der Waals surface area contributed by atoms with Gasteiger partial charge in [-0.3, -0.25) is 0 Å². The van der Waals surface area contributed by atoms with Gasteiger partial charge in [-0.25, -0.2) is 0 Å². The first kappa shape index (κ1) is 37.5. The van der Waals surface area contributed by atoms with E-state index in [0.29, 0.717) is 0 Å². The number of rotatable bonds is 8. The van der Waals surface area contributed by atoms with Crippen LogP contribution in [-0.4, -0.2) is 0 Å². The highest BCUT2D eigenvalue weighted by Gasteiger charge is 2.46. The van der Waals surface area contributed by atoms with Crippen molar-refractivity contribution in [2.24, 2.45) is 0 Å². The zero-order valence-electron chi connectivity index (χ0n) is 35.3. The van der Waals surface area contributed by atoms with Gasteiger partial charge >= 0.3 is 0 Å². The molecule has 12 rings (SSSR count). The smallest absolute Gasteiger partial charge is 0.0713 e. The zero-order valence-corrected chi connectivity index (χ0v) is 35.3. The van der Waals surface area contributed by atoms with Gasteiger partial charge in [0, 0.05) is 17.1 Å². The zero-order chi connectivity index (χ0) is 42.5. The first-order valence-electron chi connectivity index (χ1n) is 22.2. The standard InChI is InChI=1S/C63H43N/c1-3-18-53(19-4-1)63(54-20-5-2-6-21-54)60-24-12-11-22-59(60)62-58(23-13-25-61(62)63)49-35-39-56(40-36-49)64(57-41-34-45-15-8-10-17-51(45)43-57)55-37-32-47(33-38-55)46-26-28-48(29-27-46)52-31-30-44-14-7-9-16-50(44)42-52/h1-43H. The average Bonchev–Trinajstić information content (AvgIpc) is 3.69. The van der Waals surface area contributed by atoms with Crippen LogP contribution in [0, 0.1) is 0 Å². The van der Waals surface area contributed by atoms with Crippen molar-refractivity contribution in [1.82, 2.24) is 0 Å². The fraction of sp³-hybridized carbons (Fsp3) is 0.0159. The molecule has 0 heterocycles. The van der Waals surface area contributed by atoms with E-state index in [4.69, 9.17) is 0 Å². The van der Waals surface area contributed by atoms with E-state index in [0.717, 1.165) is 17.1 Å². The molecule has 1 aliphatic rings. The highest BCUT2D eigenvalue weighted by molar-refractivity contribution is 5.96. The minimum absolute atomic E-state index is 0.442. The quantitative estimate of drug-likeness (QED) is 0.148. The summed E-state index contributed by atoms with van der Waals surface area (Å²) >= 11 is 0. The van der Waals surface area contributed by atoms with Gasteiger partial charge in [-0.15, -0.1) is 0 Å². The van der Waals surface area contributed by atoms with Crippen LogP contribution in [-0.2, 0) is 5.41 Å². The van der Waals surface area contributed by atoms with Crippen LogP contribution in [0.2, 0.25) is 0 Å². The van der Waals surface area contributed by atoms with Crippen molar-refractivity contribution in [3.05, 3.63) is 283 Å². The molecule has 0 spiro atoms. The lowest BCUT2D eigenvalue weighted by Crippen LogP contribution is -2.28. The molecule has 0 unspecified atom stereocenters. The summed E-state index contributed by atoms with van der Waals surface area (Å²) in [5.74, 6) is 0. The van der Waals surface area contributed by atoms with Gasteiger partial charge < -0.3 is 4.90 Å². The molecule has 0 fully saturated rings. The number of hydrogen-bond acceptors (Lipinski definition) is 1. The Hall–Kier alpha value is -8.26. The van der Waals surface area contributed by atoms with Crippen LogP contribution in [0.4, 0.5) is 17.1 Å². The maximum absolute atomic E-state index is 2.38. The Balaban J connectivity index is 0.929. The first-order chi connectivity index (χ1) is 31.7. The van der Waals surface area contributed by atoms with Crippen molar-refractivity contribution in [2.45, 2.75) is 5.41 Å². The molecule has 0 bridgehead atoms. The van der Waals surface area contributed by atoms with Gasteiger partial charge in [-0.05, 0) is 131 Å². The van der Waals surface area contributed by atoms with Crippen molar-refractivity contribution in [3.63, 3.8) is 0 Å². The van der Waals surface area contributed by atoms with Gasteiger partial charge in [0.05, 0.1) is 5.41 Å². The fourth-order valence-electron chi connectivity index (χ4n) is 10.3. The van der Waals surface area contributed by atoms with E-state index in [1.54, 1.807) is 0 Å². The van der Waals surface area contributed by atoms with Crippen molar-refractivity contribution in [3.8, 4) is 44.5 Å². The predicted molar refractivity (Wildman–Crippen MR) is 270 cm³/mol. The van der Waals surface area contributed by atoms with Gasteiger partial charge in [-0.1, -0.05) is 218 Å². The largest absolute Gasteiger partial charge is 0.310 e. The fourth-order valence-corrected chi connectivity index (χ4v) is 10.3. The van der Waals surface area contributed by atoms with E-state index in [2.05, 4.69) is 266 Å². The van der Waals surface area contributed by atoms with Gasteiger partial charge in [-0.2, -0.15) is 0 Å². The lowest BCUT2D eigenvalue weighted by molar-refractivity contribution is 0.768. The van der Waals surface area contributed by atoms with E-state index in [-0.39, 0.29) is 0 Å². The molecule has 300 valence electrons. The number of hydrogen-bond donors (Lipinski definition) is 0. The van der Waals surface area contributed by atoms with Gasteiger partial charge in [0.1, 0.15) is 0 Å². The van der Waals surface area contributed by atoms with Crippen LogP contribution in [0.15, 0.2) is 261 Å². The molecule has 0 saturated carbocycles. The van der Waals surface area contributed by atoms with Crippen molar-refractivity contribution in [1.29, 1.82) is 0 Å². The van der Waals surface area contributed by atoms with Crippen molar-refractivity contribution in [2.75, 3.05) is 4.90 Å². The molecule has 0 saturated heterocycles. The maximum atomic E-state index is 2.38. The van der Waals surface area contributed by atoms with Crippen LogP contribution in [0.3, 0.4) is 0 Å². The summed E-state index contributed by atoms with van der Waals surface area (Å²) in [6.07, 6.45) is 0. The molecule has 1 nitrogen and oxygen atoms in total. The molecule has 0 aromatic heterocycles. The Morgan fingerprint density at radius 3 is 1.30 bits per heavy atom. The molecule has 0 radical (unpaired) electrons. The number of benzene rings is 11. The Labute approximate surface area is 374 Å². The Bertz CT molecular complexity index is 3420. The second-order valence-electron chi connectivity index (χ2n) is 16.9. The SMILES string of the molecule is c1ccc(C2(c3ccccc3)c3ccccc3-c3c(-c4ccc(N(c5ccc(-c6ccc(-c7ccc8ccccc8c7)cc6)cc5)c5ccc6ccccc6c5)cc4)cccc32)cc1. The first-order valence-corrected chi connectivity index (χ1v) is 22.2. The van der Waals surface area contributed by atoms with Crippen LogP contribution in [0.1, 0.15) is 22.3 Å². The molecule has 0 N–H and O–H groups in total. The van der Waals surface area contributed by atoms with E-state index in [1.807, 2.05) is 0 Å². The lowest BCUT2D eigenvalue weighted by atomic mass is 9.67. The topological polar surface area (TPSA) is 3.24 Å². The Morgan fingerprint density at radius 1 is 0.250 bits per heavy atom. The van der Waals surface area contributed by atoms with Crippen molar-refractivity contribution < 1.29 is 0 Å². The molecular formula is C63H43N. The lowest BCUT2D eigenvalue weighted by Gasteiger charge is -2.34. The van der Waals surface area contributed by atoms with E-state index in [9.17, 15) is 0 Å². The number of nitrogens with zero attached hydrogens (tertiary/aromatic N) is 1. The summed E-state index contributed by atoms with van der Waals surface area (Å²) in [6.45, 7) is 0. The Morgan fingerprint density at radius 2 is 0.672 bits per heavy atom. The highest BCUT2D eigenvalue weighted by Crippen LogP contribution is 2.58. The van der Waals surface area contributed by atoms with E-state index in [1.165, 1.54) is 88.3 Å². The third kappa shape index (κ3) is 6.24. The number of anilines is 3. The monoisotopic (exact) mass is 813 g/mol. The molecule has 0 aliphatic heterocycles. The van der Waals surface area contributed by atoms with Gasteiger partial charge in [0.15, 0.2) is 0 Å². The summed E-state index contributed by atoms with van der Waals surface area (Å²) in [6, 6.07) is 95.7. The molecule has 11 aromatic carbocycles. The summed E-state index contributed by atoms with van der Waals surface area (Å²) < 4.78 is 0. The average molecular weight is 814 g/mol. The van der Waals surface area contributed by atoms with Crippen LogP contribution >= 0.6 is 0 Å². The third-order valence-electron chi connectivity index (χ3n) is 13.3. The predicted octanol–water partition coefficient (Wildman–Crippen LogP) is 16.8. The minimum Gasteiger partial charge on any atom is -0.310 e. The molecular weight excluding hydrogens is 771 g/mol. The summed E-state index contributed by atoms with van der Waals surface area (Å²) in [7, 11) is 0. The summed E-state index contributed by atoms with van der Waals surface area (Å²) in [5.41, 5.74) is 17.9. The van der Waals surface area contributed by atoms with E-state index < -0.39 is 5.41 Å². The van der Waals surface area contributed by atoms with E-state index >= 15 is 0 Å². The van der Waals surface area contributed by atoms with Crippen LogP contribution in [0.25, 0.3) is 66.1 Å². The van der Waals surface area contributed by atoms with Crippen LogP contribution in [0.5, 0.6) is 0 Å². The van der Waals surface area contributed by atoms with Crippen LogP contribution < -0.4 is 4.90 Å². The molecule has 0 atom stereocenters. The maximum Gasteiger partial charge on any atom is 0.0713 e. The minimum atomic E-state index is -0.442. The normalized spacial score (nSPS) is 12.5. The van der Waals surface area contributed by atoms with Gasteiger partial charge in [0.2, 0.25) is 0 Å². The molecule has 1 aliphatic carbocycles. The second kappa shape index (κ2) is 15.6. The molecule has 64 heavy (non-hydrogen) atoms. The highest BCUT2D eigenvalue weighted by atomic mass is 15.1. The second-order valence-corrected chi connectivity index (χ2v) is 16.9. The summed E-state index contributed by atoms with van der Waals surface area (Å²) in [5, 5.41) is 4.96. The number of fused-ring (bicyclic) bond motifs is 5. The molecule has 1 heteroatoms. The molecule has 0 amide bonds.